The molecule has 0 fully saturated rings. The fourth-order valence-electron chi connectivity index (χ4n) is 1.51. The standard InChI is InChI=1S/C11H8ClNO3/c1-6-9(11(15)16-13-6)10(14)7-4-2-3-5-8(7)12/h2-5,9H,1H3. The van der Waals surface area contributed by atoms with Gasteiger partial charge in [0, 0.05) is 5.56 Å². The van der Waals surface area contributed by atoms with Gasteiger partial charge in [-0.3, -0.25) is 4.79 Å². The van der Waals surface area contributed by atoms with E-state index in [1.165, 1.54) is 0 Å². The number of ketones is 1. The highest BCUT2D eigenvalue weighted by Gasteiger charge is 2.37. The van der Waals surface area contributed by atoms with E-state index in [9.17, 15) is 9.59 Å². The lowest BCUT2D eigenvalue weighted by atomic mass is 9.94. The van der Waals surface area contributed by atoms with Gasteiger partial charge in [0.25, 0.3) is 0 Å². The summed E-state index contributed by atoms with van der Waals surface area (Å²) in [6.07, 6.45) is 0. The van der Waals surface area contributed by atoms with Gasteiger partial charge in [0.05, 0.1) is 10.7 Å². The van der Waals surface area contributed by atoms with E-state index in [4.69, 9.17) is 11.6 Å². The Morgan fingerprint density at radius 2 is 2.12 bits per heavy atom. The fourth-order valence-corrected chi connectivity index (χ4v) is 1.74. The molecule has 0 bridgehead atoms. The zero-order valence-electron chi connectivity index (χ0n) is 8.44. The summed E-state index contributed by atoms with van der Waals surface area (Å²) in [4.78, 5) is 27.8. The monoisotopic (exact) mass is 237 g/mol. The second-order valence-electron chi connectivity index (χ2n) is 3.42. The maximum atomic E-state index is 12.0. The Kier molecular flexibility index (Phi) is 2.75. The molecule has 0 saturated carbocycles. The molecule has 16 heavy (non-hydrogen) atoms. The van der Waals surface area contributed by atoms with Gasteiger partial charge in [-0.2, -0.15) is 0 Å². The number of Topliss-reactive ketones (excluding diaryl/α,β-unsaturated/α-hetero) is 1. The summed E-state index contributed by atoms with van der Waals surface area (Å²) in [5, 5.41) is 3.80. The third-order valence-electron chi connectivity index (χ3n) is 2.33. The van der Waals surface area contributed by atoms with Crippen LogP contribution in [0.4, 0.5) is 0 Å². The van der Waals surface area contributed by atoms with Crippen LogP contribution in [0.3, 0.4) is 0 Å². The van der Waals surface area contributed by atoms with Crippen molar-refractivity contribution >= 4 is 29.1 Å². The Labute approximate surface area is 96.8 Å². The quantitative estimate of drug-likeness (QED) is 0.450. The molecule has 1 atom stereocenters. The van der Waals surface area contributed by atoms with E-state index < -0.39 is 11.9 Å². The van der Waals surface area contributed by atoms with Crippen molar-refractivity contribution in [2.75, 3.05) is 0 Å². The van der Waals surface area contributed by atoms with Crippen molar-refractivity contribution in [3.8, 4) is 0 Å². The van der Waals surface area contributed by atoms with Crippen molar-refractivity contribution < 1.29 is 14.4 Å². The molecule has 0 spiro atoms. The van der Waals surface area contributed by atoms with E-state index in [0.29, 0.717) is 16.3 Å². The number of halogens is 1. The van der Waals surface area contributed by atoms with Gasteiger partial charge in [-0.25, -0.2) is 4.79 Å². The summed E-state index contributed by atoms with van der Waals surface area (Å²) in [6, 6.07) is 6.57. The summed E-state index contributed by atoms with van der Waals surface area (Å²) in [6.45, 7) is 1.57. The lowest BCUT2D eigenvalue weighted by molar-refractivity contribution is -0.142. The molecule has 1 aromatic carbocycles. The lowest BCUT2D eigenvalue weighted by Crippen LogP contribution is -2.26. The first-order valence-corrected chi connectivity index (χ1v) is 5.03. The average Bonchev–Trinajstić information content (AvgIpc) is 2.58. The minimum Gasteiger partial charge on any atom is -0.317 e. The molecule has 1 aromatic rings. The molecule has 1 heterocycles. The summed E-state index contributed by atoms with van der Waals surface area (Å²) in [7, 11) is 0. The Bertz CT molecular complexity index is 496. The molecule has 1 aliphatic rings. The molecular formula is C11H8ClNO3. The normalized spacial score (nSPS) is 19.2. The van der Waals surface area contributed by atoms with Crippen molar-refractivity contribution in [1.29, 1.82) is 0 Å². The number of hydrogen-bond acceptors (Lipinski definition) is 4. The number of nitrogens with zero attached hydrogens (tertiary/aromatic N) is 1. The van der Waals surface area contributed by atoms with Crippen molar-refractivity contribution in [1.82, 2.24) is 0 Å². The maximum absolute atomic E-state index is 12.0. The number of carbonyl (C=O) groups is 2. The molecule has 1 unspecified atom stereocenters. The van der Waals surface area contributed by atoms with Crippen molar-refractivity contribution in [3.63, 3.8) is 0 Å². The van der Waals surface area contributed by atoms with Crippen LogP contribution in [0.5, 0.6) is 0 Å². The highest BCUT2D eigenvalue weighted by atomic mass is 35.5. The molecule has 0 N–H and O–H groups in total. The van der Waals surface area contributed by atoms with Crippen LogP contribution >= 0.6 is 11.6 Å². The van der Waals surface area contributed by atoms with Crippen LogP contribution in [0.25, 0.3) is 0 Å². The topological polar surface area (TPSA) is 55.7 Å². The van der Waals surface area contributed by atoms with Crippen LogP contribution in [0.15, 0.2) is 29.4 Å². The van der Waals surface area contributed by atoms with Crippen LogP contribution in [0.1, 0.15) is 17.3 Å². The Morgan fingerprint density at radius 3 is 2.69 bits per heavy atom. The Morgan fingerprint density at radius 1 is 1.44 bits per heavy atom. The van der Waals surface area contributed by atoms with Gasteiger partial charge >= 0.3 is 5.97 Å². The highest BCUT2D eigenvalue weighted by molar-refractivity contribution is 6.36. The predicted octanol–water partition coefficient (Wildman–Crippen LogP) is 2.07. The first-order chi connectivity index (χ1) is 7.61. The molecule has 5 heteroatoms. The smallest absolute Gasteiger partial charge is 0.317 e. The van der Waals surface area contributed by atoms with Crippen LogP contribution in [0.2, 0.25) is 5.02 Å². The summed E-state index contributed by atoms with van der Waals surface area (Å²) in [5.74, 6) is -1.99. The minimum absolute atomic E-state index is 0.308. The van der Waals surface area contributed by atoms with E-state index in [0.717, 1.165) is 0 Å². The second-order valence-corrected chi connectivity index (χ2v) is 3.83. The molecular weight excluding hydrogens is 230 g/mol. The summed E-state index contributed by atoms with van der Waals surface area (Å²) < 4.78 is 0. The first-order valence-electron chi connectivity index (χ1n) is 4.65. The number of hydrogen-bond donors (Lipinski definition) is 0. The first kappa shape index (κ1) is 10.8. The molecule has 1 aliphatic heterocycles. The third kappa shape index (κ3) is 1.72. The van der Waals surface area contributed by atoms with Gasteiger partial charge in [-0.1, -0.05) is 28.9 Å². The van der Waals surface area contributed by atoms with Crippen LogP contribution in [-0.2, 0) is 9.63 Å². The number of carbonyl (C=O) groups excluding carboxylic acids is 2. The zero-order chi connectivity index (χ0) is 11.7. The van der Waals surface area contributed by atoms with E-state index >= 15 is 0 Å². The van der Waals surface area contributed by atoms with Crippen LogP contribution in [-0.4, -0.2) is 17.5 Å². The third-order valence-corrected chi connectivity index (χ3v) is 2.66. The Balaban J connectivity index is 2.37. The largest absolute Gasteiger partial charge is 0.351 e. The zero-order valence-corrected chi connectivity index (χ0v) is 9.19. The van der Waals surface area contributed by atoms with Gasteiger partial charge in [0.2, 0.25) is 0 Å². The van der Waals surface area contributed by atoms with Crippen molar-refractivity contribution in [2.45, 2.75) is 6.92 Å². The highest BCUT2D eigenvalue weighted by Crippen LogP contribution is 2.22. The van der Waals surface area contributed by atoms with Crippen LogP contribution < -0.4 is 0 Å². The van der Waals surface area contributed by atoms with E-state index in [2.05, 4.69) is 9.99 Å². The minimum atomic E-state index is -0.958. The van der Waals surface area contributed by atoms with Gasteiger partial charge in [-0.05, 0) is 19.1 Å². The van der Waals surface area contributed by atoms with Gasteiger partial charge in [0.15, 0.2) is 11.7 Å². The van der Waals surface area contributed by atoms with Gasteiger partial charge in [-0.15, -0.1) is 0 Å². The molecule has 0 amide bonds. The van der Waals surface area contributed by atoms with Crippen molar-refractivity contribution in [3.05, 3.63) is 34.9 Å². The fraction of sp³-hybridized carbons (Fsp3) is 0.182. The SMILES string of the molecule is CC1=NOC(=O)C1C(=O)c1ccccc1Cl. The summed E-state index contributed by atoms with van der Waals surface area (Å²) >= 11 is 5.88. The van der Waals surface area contributed by atoms with Gasteiger partial charge < -0.3 is 4.84 Å². The van der Waals surface area contributed by atoms with Gasteiger partial charge in [0.1, 0.15) is 0 Å². The molecule has 4 nitrogen and oxygen atoms in total. The predicted molar refractivity (Wildman–Crippen MR) is 58.5 cm³/mol. The molecule has 2 rings (SSSR count). The summed E-state index contributed by atoms with van der Waals surface area (Å²) in [5.41, 5.74) is 0.664. The molecule has 0 aromatic heterocycles. The Hall–Kier alpha value is -1.68. The number of oxime groups is 1. The number of rotatable bonds is 2. The number of benzene rings is 1. The van der Waals surface area contributed by atoms with E-state index in [-0.39, 0.29) is 5.78 Å². The molecule has 0 radical (unpaired) electrons. The average molecular weight is 238 g/mol. The van der Waals surface area contributed by atoms with Crippen molar-refractivity contribution in [2.24, 2.45) is 11.1 Å². The molecule has 0 aliphatic carbocycles. The molecule has 0 saturated heterocycles. The maximum Gasteiger partial charge on any atom is 0.351 e. The van der Waals surface area contributed by atoms with Crippen LogP contribution in [0, 0.1) is 5.92 Å². The second kappa shape index (κ2) is 4.06. The van der Waals surface area contributed by atoms with E-state index in [1.54, 1.807) is 31.2 Å². The van der Waals surface area contributed by atoms with E-state index in [1.807, 2.05) is 0 Å². The lowest BCUT2D eigenvalue weighted by Gasteiger charge is -2.06. The molecule has 82 valence electrons.